The third kappa shape index (κ3) is 9.59. The molecule has 16 valence electrons. The number of hydrogen-bond donors (Lipinski definition) is 0. The molecule has 0 spiro atoms. The molecule has 0 aliphatic carbocycles. The zero-order valence-electron chi connectivity index (χ0n) is 7.12. The molecule has 0 rings (SSSR count). The summed E-state index contributed by atoms with van der Waals surface area (Å²) >= 11 is 0. The molecule has 0 aliphatic rings. The van der Waals surface area contributed by atoms with E-state index in [0.717, 1.165) is 0 Å². The summed E-state index contributed by atoms with van der Waals surface area (Å²) in [6.07, 6.45) is 0. The fraction of sp³-hybridized carbons (Fsp3) is 0. The average molecular weight is 143 g/mol. The van der Waals surface area contributed by atoms with Crippen molar-refractivity contribution in [2.75, 3.05) is 0 Å². The Bertz CT molecular complexity index is 14.0. The van der Waals surface area contributed by atoms with Gasteiger partial charge in [-0.25, -0.2) is 0 Å². The third-order valence-electron chi connectivity index (χ3n) is 0. The topological polar surface area (TPSA) is 0 Å². The summed E-state index contributed by atoms with van der Waals surface area (Å²) in [5.41, 5.74) is 0. The van der Waals surface area contributed by atoms with Gasteiger partial charge in [0.15, 0.2) is 0 Å². The summed E-state index contributed by atoms with van der Waals surface area (Å²) in [6.45, 7) is 0. The van der Waals surface area contributed by atoms with Crippen LogP contribution in [0.3, 0.4) is 0 Å². The molecule has 0 aromatic heterocycles. The van der Waals surface area contributed by atoms with Crippen molar-refractivity contribution in [3.63, 3.8) is 0 Å². The van der Waals surface area contributed by atoms with Crippen LogP contribution >= 0.6 is 12.4 Å². The average Bonchev–Trinajstić information content (AvgIpc) is 0. The van der Waals surface area contributed by atoms with Crippen molar-refractivity contribution in [2.24, 2.45) is 0 Å². The van der Waals surface area contributed by atoms with Crippen LogP contribution in [0.1, 0.15) is 5.71 Å². The molecule has 0 fully saturated rings. The Morgan fingerprint density at radius 2 is 1.00 bits per heavy atom. The maximum Gasteiger partial charge on any atom is 2.00 e. The van der Waals surface area contributed by atoms with Gasteiger partial charge in [-0.15, -0.1) is 12.4 Å². The van der Waals surface area contributed by atoms with Crippen LogP contribution in [-0.2, 0) is 0 Å². The minimum atomic E-state index is 0. The van der Waals surface area contributed by atoms with E-state index in [2.05, 4.69) is 0 Å². The Hall–Kier alpha value is 4.33. The Morgan fingerprint density at radius 1 is 1.00 bits per heavy atom. The first-order valence-corrected chi connectivity index (χ1v) is 0. The van der Waals surface area contributed by atoms with Crippen molar-refractivity contribution in [1.29, 1.82) is 0 Å². The molecule has 0 radical (unpaired) electrons. The standard InChI is InChI=1S/ClH.2K.Mg.4H/h1H;;;;;;;/q;2*+1;+2;4*-1. The normalized spacial score (nSPS) is 0. The Morgan fingerprint density at radius 3 is 1.00 bits per heavy atom. The second kappa shape index (κ2) is 15.7. The predicted molar refractivity (Wildman–Crippen MR) is 17.4 cm³/mol. The Kier molecular flexibility index (Phi) is 93.5. The first kappa shape index (κ1) is 23.9. The number of halogens is 1. The van der Waals surface area contributed by atoms with Gasteiger partial charge in [-0.3, -0.25) is 0 Å². The number of rotatable bonds is 0. The van der Waals surface area contributed by atoms with Gasteiger partial charge in [0.05, 0.1) is 0 Å². The van der Waals surface area contributed by atoms with Gasteiger partial charge in [0.1, 0.15) is 0 Å². The van der Waals surface area contributed by atoms with Crippen molar-refractivity contribution in [3.8, 4) is 0 Å². The van der Waals surface area contributed by atoms with Crippen molar-refractivity contribution in [1.82, 2.24) is 0 Å². The minimum absolute atomic E-state index is 0. The zero-order chi connectivity index (χ0) is 0. The fourth-order valence-electron chi connectivity index (χ4n) is 0. The van der Waals surface area contributed by atoms with Crippen molar-refractivity contribution in [3.05, 3.63) is 0 Å². The molecule has 0 nitrogen and oxygen atoms in total. The molecule has 0 aromatic rings. The van der Waals surface area contributed by atoms with Crippen molar-refractivity contribution < 1.29 is 108 Å². The predicted octanol–water partition coefficient (Wildman–Crippen LogP) is -5.50. The first-order chi connectivity index (χ1) is 0. The summed E-state index contributed by atoms with van der Waals surface area (Å²) in [4.78, 5) is 0. The van der Waals surface area contributed by atoms with E-state index < -0.39 is 0 Å². The van der Waals surface area contributed by atoms with E-state index in [1.165, 1.54) is 0 Å². The number of hydrogen-bond acceptors (Lipinski definition) is 0. The van der Waals surface area contributed by atoms with Crippen LogP contribution in [0.4, 0.5) is 0 Å². The van der Waals surface area contributed by atoms with Crippen LogP contribution in [0.2, 0.25) is 0 Å². The Balaban J connectivity index is 0. The summed E-state index contributed by atoms with van der Waals surface area (Å²) < 4.78 is 0. The third-order valence-corrected chi connectivity index (χ3v) is 0. The van der Waals surface area contributed by atoms with E-state index in [-0.39, 0.29) is 144 Å². The zero-order valence-corrected chi connectivity index (χ0v) is 11.6. The quantitative estimate of drug-likeness (QED) is 0.297. The molecule has 0 heterocycles. The smallest absolute Gasteiger partial charge is 1.00 e. The molecule has 0 aromatic carbocycles. The second-order valence-electron chi connectivity index (χ2n) is 0. The molecule has 4 heavy (non-hydrogen) atoms. The van der Waals surface area contributed by atoms with Gasteiger partial charge in [-0.05, 0) is 0 Å². The second-order valence-corrected chi connectivity index (χ2v) is 0. The molecule has 0 atom stereocenters. The van der Waals surface area contributed by atoms with Crippen LogP contribution in [-0.4, -0.2) is 23.1 Å². The van der Waals surface area contributed by atoms with Gasteiger partial charge in [-0.2, -0.15) is 0 Å². The minimum Gasteiger partial charge on any atom is -1.00 e. The molecule has 0 N–H and O–H groups in total. The SMILES string of the molecule is Cl.[H-].[H-].[H-].[H-].[K+].[K+].[Mg+2]. The van der Waals surface area contributed by atoms with Crippen LogP contribution in [0.25, 0.3) is 0 Å². The molecular formula is H5ClK2Mg. The summed E-state index contributed by atoms with van der Waals surface area (Å²) in [6, 6.07) is 0. The fourth-order valence-corrected chi connectivity index (χ4v) is 0. The van der Waals surface area contributed by atoms with Gasteiger partial charge >= 0.3 is 126 Å². The van der Waals surface area contributed by atoms with Gasteiger partial charge in [0.25, 0.3) is 0 Å². The van der Waals surface area contributed by atoms with Crippen LogP contribution in [0, 0.1) is 0 Å². The molecule has 4 heteroatoms. The maximum absolute atomic E-state index is 0. The Labute approximate surface area is 140 Å². The monoisotopic (exact) mass is 142 g/mol. The molecule has 0 saturated heterocycles. The van der Waals surface area contributed by atoms with Gasteiger partial charge in [0, 0.05) is 0 Å². The summed E-state index contributed by atoms with van der Waals surface area (Å²) in [5.74, 6) is 0. The van der Waals surface area contributed by atoms with Crippen LogP contribution < -0.4 is 103 Å². The molecule has 0 aliphatic heterocycles. The van der Waals surface area contributed by atoms with E-state index in [0.29, 0.717) is 0 Å². The van der Waals surface area contributed by atoms with E-state index in [1.54, 1.807) is 0 Å². The summed E-state index contributed by atoms with van der Waals surface area (Å²) in [7, 11) is 0. The van der Waals surface area contributed by atoms with Gasteiger partial charge in [0.2, 0.25) is 0 Å². The summed E-state index contributed by atoms with van der Waals surface area (Å²) in [5, 5.41) is 0. The van der Waals surface area contributed by atoms with E-state index in [9.17, 15) is 0 Å². The van der Waals surface area contributed by atoms with Crippen molar-refractivity contribution in [2.45, 2.75) is 0 Å². The van der Waals surface area contributed by atoms with E-state index in [1.807, 2.05) is 0 Å². The van der Waals surface area contributed by atoms with Gasteiger partial charge in [-0.1, -0.05) is 0 Å². The molecule has 0 bridgehead atoms. The van der Waals surface area contributed by atoms with E-state index >= 15 is 0 Å². The molecule has 0 amide bonds. The first-order valence-electron chi connectivity index (χ1n) is 0. The molecular weight excluding hydrogens is 138 g/mol. The van der Waals surface area contributed by atoms with Crippen LogP contribution in [0.5, 0.6) is 0 Å². The van der Waals surface area contributed by atoms with Gasteiger partial charge < -0.3 is 5.71 Å². The largest absolute Gasteiger partial charge is 2.00 e. The van der Waals surface area contributed by atoms with Crippen molar-refractivity contribution >= 4 is 35.5 Å². The molecule has 0 saturated carbocycles. The van der Waals surface area contributed by atoms with E-state index in [4.69, 9.17) is 0 Å². The maximum atomic E-state index is 0. The molecule has 0 unspecified atom stereocenters. The van der Waals surface area contributed by atoms with Crippen LogP contribution in [0.15, 0.2) is 0 Å².